The molecule has 1 amide bonds. The Bertz CT molecular complexity index is 452. The van der Waals surface area contributed by atoms with Crippen LogP contribution in [-0.2, 0) is 11.2 Å². The molecule has 0 saturated carbocycles. The molecular formula is C14H20ClF3N2O2. The van der Waals surface area contributed by atoms with Crippen LogP contribution in [0.1, 0.15) is 12.0 Å². The molecule has 0 fully saturated rings. The van der Waals surface area contributed by atoms with Crippen molar-refractivity contribution >= 4 is 18.3 Å². The molecule has 126 valence electrons. The van der Waals surface area contributed by atoms with Gasteiger partial charge in [-0.05, 0) is 31.2 Å². The maximum absolute atomic E-state index is 12.0. The van der Waals surface area contributed by atoms with Crippen molar-refractivity contribution in [1.82, 2.24) is 10.2 Å². The first-order valence-electron chi connectivity index (χ1n) is 6.55. The van der Waals surface area contributed by atoms with E-state index >= 15 is 0 Å². The second-order valence-corrected chi connectivity index (χ2v) is 4.61. The number of carbonyl (C=O) groups is 1. The van der Waals surface area contributed by atoms with Crippen LogP contribution >= 0.6 is 12.4 Å². The molecular weight excluding hydrogens is 321 g/mol. The highest BCUT2D eigenvalue weighted by Gasteiger charge is 2.30. The van der Waals surface area contributed by atoms with E-state index in [-0.39, 0.29) is 24.1 Å². The van der Waals surface area contributed by atoms with Crippen molar-refractivity contribution in [2.45, 2.75) is 19.2 Å². The first kappa shape index (κ1) is 20.5. The number of hydrogen-bond acceptors (Lipinski definition) is 3. The Labute approximate surface area is 134 Å². The summed E-state index contributed by atoms with van der Waals surface area (Å²) in [4.78, 5) is 13.4. The third kappa shape index (κ3) is 8.09. The van der Waals surface area contributed by atoms with E-state index in [4.69, 9.17) is 0 Å². The average molecular weight is 341 g/mol. The molecule has 1 aromatic rings. The summed E-state index contributed by atoms with van der Waals surface area (Å²) in [5.74, 6) is -0.260. The van der Waals surface area contributed by atoms with Crippen LogP contribution in [0.2, 0.25) is 0 Å². The number of rotatable bonds is 7. The number of ether oxygens (including phenoxy) is 1. The molecule has 8 heteroatoms. The average Bonchev–Trinajstić information content (AvgIpc) is 2.42. The number of nitrogens with zero attached hydrogens (tertiary/aromatic N) is 1. The SMILES string of the molecule is CNCCN(C)C(=O)CCc1ccc(OC(F)(F)F)cc1.Cl. The number of amides is 1. The topological polar surface area (TPSA) is 41.6 Å². The number of benzene rings is 1. The van der Waals surface area contributed by atoms with Crippen molar-refractivity contribution in [2.24, 2.45) is 0 Å². The summed E-state index contributed by atoms with van der Waals surface area (Å²) in [6.45, 7) is 1.33. The van der Waals surface area contributed by atoms with Crippen molar-refractivity contribution in [3.63, 3.8) is 0 Å². The van der Waals surface area contributed by atoms with Gasteiger partial charge >= 0.3 is 6.36 Å². The maximum Gasteiger partial charge on any atom is 0.573 e. The van der Waals surface area contributed by atoms with Crippen molar-refractivity contribution in [3.05, 3.63) is 29.8 Å². The molecule has 1 rings (SSSR count). The largest absolute Gasteiger partial charge is 0.573 e. The van der Waals surface area contributed by atoms with Gasteiger partial charge in [0.05, 0.1) is 0 Å². The number of likely N-dealkylation sites (N-methyl/N-ethyl adjacent to an activating group) is 2. The Morgan fingerprint density at radius 1 is 1.27 bits per heavy atom. The Hall–Kier alpha value is -1.47. The highest BCUT2D eigenvalue weighted by Crippen LogP contribution is 2.23. The summed E-state index contributed by atoms with van der Waals surface area (Å²) in [5.41, 5.74) is 0.792. The lowest BCUT2D eigenvalue weighted by molar-refractivity contribution is -0.274. The van der Waals surface area contributed by atoms with Gasteiger partial charge in [-0.1, -0.05) is 12.1 Å². The van der Waals surface area contributed by atoms with E-state index in [1.807, 2.05) is 7.05 Å². The fourth-order valence-corrected chi connectivity index (χ4v) is 1.70. The van der Waals surface area contributed by atoms with E-state index in [1.165, 1.54) is 24.3 Å². The zero-order valence-electron chi connectivity index (χ0n) is 12.4. The van der Waals surface area contributed by atoms with Crippen LogP contribution in [0, 0.1) is 0 Å². The summed E-state index contributed by atoms with van der Waals surface area (Å²) in [6.07, 6.45) is -3.89. The van der Waals surface area contributed by atoms with Gasteiger partial charge in [-0.25, -0.2) is 0 Å². The van der Waals surface area contributed by atoms with Crippen LogP contribution in [0.5, 0.6) is 5.75 Å². The summed E-state index contributed by atoms with van der Waals surface area (Å²) >= 11 is 0. The fourth-order valence-electron chi connectivity index (χ4n) is 1.70. The number of nitrogens with one attached hydrogen (secondary N) is 1. The third-order valence-electron chi connectivity index (χ3n) is 2.91. The van der Waals surface area contributed by atoms with Gasteiger partial charge in [0.25, 0.3) is 0 Å². The monoisotopic (exact) mass is 340 g/mol. The summed E-state index contributed by atoms with van der Waals surface area (Å²) in [7, 11) is 3.53. The molecule has 0 aliphatic rings. The molecule has 0 aromatic heterocycles. The first-order chi connectivity index (χ1) is 9.81. The van der Waals surface area contributed by atoms with Gasteiger partial charge in [0.2, 0.25) is 5.91 Å². The van der Waals surface area contributed by atoms with E-state index in [2.05, 4.69) is 10.1 Å². The minimum absolute atomic E-state index is 0. The molecule has 0 spiro atoms. The van der Waals surface area contributed by atoms with Crippen LogP contribution in [0.3, 0.4) is 0 Å². The highest BCUT2D eigenvalue weighted by atomic mass is 35.5. The van der Waals surface area contributed by atoms with E-state index < -0.39 is 6.36 Å². The molecule has 0 bridgehead atoms. The van der Waals surface area contributed by atoms with Crippen LogP contribution in [-0.4, -0.2) is 44.4 Å². The Balaban J connectivity index is 0.00000441. The second kappa shape index (κ2) is 9.53. The molecule has 4 nitrogen and oxygen atoms in total. The second-order valence-electron chi connectivity index (χ2n) is 4.61. The van der Waals surface area contributed by atoms with Gasteiger partial charge in [-0.3, -0.25) is 4.79 Å². The lowest BCUT2D eigenvalue weighted by Crippen LogP contribution is -2.32. The molecule has 0 aliphatic heterocycles. The number of halogens is 4. The maximum atomic E-state index is 12.0. The lowest BCUT2D eigenvalue weighted by Gasteiger charge is -2.16. The molecule has 0 saturated heterocycles. The third-order valence-corrected chi connectivity index (χ3v) is 2.91. The predicted molar refractivity (Wildman–Crippen MR) is 80.3 cm³/mol. The predicted octanol–water partition coefficient (Wildman–Crippen LogP) is 2.62. The fraction of sp³-hybridized carbons (Fsp3) is 0.500. The van der Waals surface area contributed by atoms with Gasteiger partial charge in [0, 0.05) is 26.6 Å². The number of aryl methyl sites for hydroxylation is 1. The molecule has 0 atom stereocenters. The van der Waals surface area contributed by atoms with Gasteiger partial charge in [-0.15, -0.1) is 25.6 Å². The van der Waals surface area contributed by atoms with Crippen molar-refractivity contribution in [3.8, 4) is 5.75 Å². The van der Waals surface area contributed by atoms with Crippen LogP contribution in [0.4, 0.5) is 13.2 Å². The van der Waals surface area contributed by atoms with Crippen molar-refractivity contribution in [1.29, 1.82) is 0 Å². The quantitative estimate of drug-likeness (QED) is 0.829. The minimum atomic E-state index is -4.69. The molecule has 0 radical (unpaired) electrons. The minimum Gasteiger partial charge on any atom is -0.406 e. The summed E-state index contributed by atoms with van der Waals surface area (Å²) in [6, 6.07) is 5.56. The van der Waals surface area contributed by atoms with Crippen LogP contribution in [0.25, 0.3) is 0 Å². The Morgan fingerprint density at radius 2 is 1.86 bits per heavy atom. The Kier molecular flexibility index (Phi) is 8.89. The molecule has 1 N–H and O–H groups in total. The van der Waals surface area contributed by atoms with Crippen molar-refractivity contribution in [2.75, 3.05) is 27.2 Å². The number of carbonyl (C=O) groups excluding carboxylic acids is 1. The van der Waals surface area contributed by atoms with E-state index in [0.29, 0.717) is 25.9 Å². The van der Waals surface area contributed by atoms with Crippen molar-refractivity contribution < 1.29 is 22.7 Å². The van der Waals surface area contributed by atoms with E-state index in [9.17, 15) is 18.0 Å². The zero-order valence-corrected chi connectivity index (χ0v) is 13.3. The number of alkyl halides is 3. The number of hydrogen-bond donors (Lipinski definition) is 1. The standard InChI is InChI=1S/C14H19F3N2O2.ClH/c1-18-9-10-19(2)13(20)8-5-11-3-6-12(7-4-11)21-14(15,16)17;/h3-4,6-7,18H,5,8-10H2,1-2H3;1H. The lowest BCUT2D eigenvalue weighted by atomic mass is 10.1. The first-order valence-corrected chi connectivity index (χ1v) is 6.55. The van der Waals surface area contributed by atoms with Gasteiger partial charge < -0.3 is 15.0 Å². The summed E-state index contributed by atoms with van der Waals surface area (Å²) < 4.78 is 39.8. The van der Waals surface area contributed by atoms with Gasteiger partial charge in [0.15, 0.2) is 0 Å². The van der Waals surface area contributed by atoms with Crippen LogP contribution < -0.4 is 10.1 Å². The van der Waals surface area contributed by atoms with E-state index in [1.54, 1.807) is 11.9 Å². The summed E-state index contributed by atoms with van der Waals surface area (Å²) in [5, 5.41) is 2.95. The molecule has 22 heavy (non-hydrogen) atoms. The van der Waals surface area contributed by atoms with Crippen LogP contribution in [0.15, 0.2) is 24.3 Å². The molecule has 0 heterocycles. The normalized spacial score (nSPS) is 10.8. The Morgan fingerprint density at radius 3 is 2.36 bits per heavy atom. The molecule has 0 unspecified atom stereocenters. The molecule has 0 aliphatic carbocycles. The van der Waals surface area contributed by atoms with Gasteiger partial charge in [0.1, 0.15) is 5.75 Å². The van der Waals surface area contributed by atoms with Gasteiger partial charge in [-0.2, -0.15) is 0 Å². The van der Waals surface area contributed by atoms with E-state index in [0.717, 1.165) is 5.56 Å². The zero-order chi connectivity index (χ0) is 15.9. The molecule has 1 aromatic carbocycles. The highest BCUT2D eigenvalue weighted by molar-refractivity contribution is 5.85. The smallest absolute Gasteiger partial charge is 0.406 e.